The van der Waals surface area contributed by atoms with Gasteiger partial charge in [-0.1, -0.05) is 18.5 Å². The summed E-state index contributed by atoms with van der Waals surface area (Å²) in [7, 11) is 1.91. The first-order valence-electron chi connectivity index (χ1n) is 8.31. The van der Waals surface area contributed by atoms with E-state index in [0.717, 1.165) is 24.5 Å². The van der Waals surface area contributed by atoms with Gasteiger partial charge in [0, 0.05) is 44.8 Å². The minimum Gasteiger partial charge on any atom is -0.334 e. The van der Waals surface area contributed by atoms with Crippen molar-refractivity contribution in [2.75, 3.05) is 13.1 Å². The van der Waals surface area contributed by atoms with Gasteiger partial charge in [0.25, 0.3) is 5.91 Å². The third-order valence-electron chi connectivity index (χ3n) is 4.53. The van der Waals surface area contributed by atoms with Gasteiger partial charge in [-0.2, -0.15) is 0 Å². The van der Waals surface area contributed by atoms with Crippen molar-refractivity contribution in [3.05, 3.63) is 35.2 Å². The first kappa shape index (κ1) is 24.0. The van der Waals surface area contributed by atoms with E-state index in [4.69, 9.17) is 17.3 Å². The lowest BCUT2D eigenvalue weighted by molar-refractivity contribution is 0.0573. The highest BCUT2D eigenvalue weighted by Gasteiger charge is 2.30. The summed E-state index contributed by atoms with van der Waals surface area (Å²) >= 11 is 7.73. The average molecular weight is 453 g/mol. The van der Waals surface area contributed by atoms with Gasteiger partial charge < -0.3 is 15.2 Å². The van der Waals surface area contributed by atoms with E-state index >= 15 is 0 Å². The normalized spacial score (nSPS) is 19.2. The second kappa shape index (κ2) is 10.5. The van der Waals surface area contributed by atoms with Crippen LogP contribution in [0.2, 0.25) is 5.02 Å². The minimum absolute atomic E-state index is 0. The molecule has 2 aromatic rings. The van der Waals surface area contributed by atoms with Crippen molar-refractivity contribution in [3.63, 3.8) is 0 Å². The van der Waals surface area contributed by atoms with Crippen LogP contribution in [0.15, 0.2) is 34.8 Å². The quantitative estimate of drug-likeness (QED) is 0.766. The van der Waals surface area contributed by atoms with Crippen LogP contribution in [-0.2, 0) is 7.05 Å². The standard InChI is InChI=1S/C17H22ClN5OS.2ClH/c1-11-3-5-23(13(7-11)9-19)16(24)12-8-14(18)15(21-10-12)25-17-20-4-6-22(17)2;;/h4,6,8,10-11,13H,3,5,7,9,19H2,1-2H3;2*1H. The van der Waals surface area contributed by atoms with Crippen molar-refractivity contribution in [1.29, 1.82) is 0 Å². The Hall–Kier alpha value is -0.990. The topological polar surface area (TPSA) is 77.0 Å². The number of likely N-dealkylation sites (tertiary alicyclic amines) is 1. The van der Waals surface area contributed by atoms with Gasteiger partial charge >= 0.3 is 0 Å². The summed E-state index contributed by atoms with van der Waals surface area (Å²) in [6.07, 6.45) is 7.11. The molecule has 0 aliphatic carbocycles. The highest BCUT2D eigenvalue weighted by molar-refractivity contribution is 7.99. The van der Waals surface area contributed by atoms with Gasteiger partial charge in [-0.3, -0.25) is 4.79 Å². The molecule has 2 N–H and O–H groups in total. The summed E-state index contributed by atoms with van der Waals surface area (Å²) in [5.74, 6) is 0.543. The van der Waals surface area contributed by atoms with Crippen molar-refractivity contribution < 1.29 is 4.79 Å². The molecule has 3 heterocycles. The van der Waals surface area contributed by atoms with E-state index in [1.165, 1.54) is 11.8 Å². The van der Waals surface area contributed by atoms with Crippen molar-refractivity contribution in [3.8, 4) is 0 Å². The molecule has 10 heteroatoms. The number of nitrogens with zero attached hydrogens (tertiary/aromatic N) is 4. The van der Waals surface area contributed by atoms with Crippen LogP contribution < -0.4 is 5.73 Å². The number of amides is 1. The van der Waals surface area contributed by atoms with Gasteiger partial charge in [0.1, 0.15) is 5.03 Å². The average Bonchev–Trinajstić information content (AvgIpc) is 3.00. The monoisotopic (exact) mass is 451 g/mol. The van der Waals surface area contributed by atoms with Crippen molar-refractivity contribution in [2.24, 2.45) is 18.7 Å². The maximum atomic E-state index is 12.9. The van der Waals surface area contributed by atoms with Crippen molar-refractivity contribution in [2.45, 2.75) is 36.0 Å². The molecule has 27 heavy (non-hydrogen) atoms. The Balaban J connectivity index is 0.00000182. The number of aromatic nitrogens is 3. The Kier molecular flexibility index (Phi) is 9.38. The van der Waals surface area contributed by atoms with E-state index in [-0.39, 0.29) is 36.8 Å². The number of pyridine rings is 1. The van der Waals surface area contributed by atoms with Gasteiger partial charge in [-0.25, -0.2) is 9.97 Å². The molecule has 6 nitrogen and oxygen atoms in total. The molecule has 0 spiro atoms. The number of piperidine rings is 1. The van der Waals surface area contributed by atoms with Crippen LogP contribution >= 0.6 is 48.2 Å². The SMILES string of the molecule is CC1CCN(C(=O)c2cnc(Sc3nccn3C)c(Cl)c2)C(CN)C1.Cl.Cl. The maximum Gasteiger partial charge on any atom is 0.255 e. The van der Waals surface area contributed by atoms with Gasteiger partial charge in [-0.15, -0.1) is 24.8 Å². The maximum absolute atomic E-state index is 12.9. The highest BCUT2D eigenvalue weighted by Crippen LogP contribution is 2.31. The summed E-state index contributed by atoms with van der Waals surface area (Å²) in [6, 6.07) is 1.77. The van der Waals surface area contributed by atoms with Crippen LogP contribution in [0, 0.1) is 5.92 Å². The second-order valence-electron chi connectivity index (χ2n) is 6.45. The number of nitrogens with two attached hydrogens (primary N) is 1. The third kappa shape index (κ3) is 5.51. The predicted molar refractivity (Wildman–Crippen MR) is 113 cm³/mol. The Bertz CT molecular complexity index is 773. The predicted octanol–water partition coefficient (Wildman–Crippen LogP) is 3.66. The molecule has 2 unspecified atom stereocenters. The molecule has 1 fully saturated rings. The lowest BCUT2D eigenvalue weighted by Crippen LogP contribution is -2.49. The fourth-order valence-electron chi connectivity index (χ4n) is 3.06. The summed E-state index contributed by atoms with van der Waals surface area (Å²) in [6.45, 7) is 3.40. The Labute approximate surface area is 181 Å². The Morgan fingerprint density at radius 3 is 2.74 bits per heavy atom. The number of carbonyl (C=O) groups is 1. The zero-order valence-electron chi connectivity index (χ0n) is 15.2. The molecule has 0 aromatic carbocycles. The first-order valence-corrected chi connectivity index (χ1v) is 9.50. The molecule has 1 amide bonds. The molecule has 0 bridgehead atoms. The third-order valence-corrected chi connectivity index (χ3v) is 6.03. The largest absolute Gasteiger partial charge is 0.334 e. The van der Waals surface area contributed by atoms with Crippen molar-refractivity contribution >= 4 is 54.1 Å². The highest BCUT2D eigenvalue weighted by atomic mass is 35.5. The number of imidazole rings is 1. The number of aryl methyl sites for hydroxylation is 1. The van der Waals surface area contributed by atoms with Crippen molar-refractivity contribution in [1.82, 2.24) is 19.4 Å². The summed E-state index contributed by atoms with van der Waals surface area (Å²) < 4.78 is 1.89. The number of rotatable bonds is 4. The van der Waals surface area contributed by atoms with E-state index in [9.17, 15) is 4.79 Å². The number of halogens is 3. The molecule has 3 rings (SSSR count). The van der Waals surface area contributed by atoms with E-state index in [1.54, 1.807) is 18.5 Å². The van der Waals surface area contributed by atoms with Crippen LogP contribution in [0.5, 0.6) is 0 Å². The Morgan fingerprint density at radius 2 is 2.15 bits per heavy atom. The number of carbonyl (C=O) groups excluding carboxylic acids is 1. The van der Waals surface area contributed by atoms with Crippen LogP contribution in [0.1, 0.15) is 30.1 Å². The molecular formula is C17H24Cl3N5OS. The molecule has 2 atom stereocenters. The number of hydrogen-bond donors (Lipinski definition) is 1. The lowest BCUT2D eigenvalue weighted by Gasteiger charge is -2.38. The van der Waals surface area contributed by atoms with E-state index in [2.05, 4.69) is 16.9 Å². The van der Waals surface area contributed by atoms with Gasteiger partial charge in [-0.05, 0) is 36.6 Å². The van der Waals surface area contributed by atoms with Crippen LogP contribution in [0.3, 0.4) is 0 Å². The number of hydrogen-bond acceptors (Lipinski definition) is 5. The zero-order chi connectivity index (χ0) is 18.0. The molecule has 1 saturated heterocycles. The fourth-order valence-corrected chi connectivity index (χ4v) is 4.10. The van der Waals surface area contributed by atoms with Gasteiger partial charge in [0.05, 0.1) is 10.6 Å². The summed E-state index contributed by atoms with van der Waals surface area (Å²) in [5, 5.41) is 1.88. The zero-order valence-corrected chi connectivity index (χ0v) is 18.4. The molecule has 0 radical (unpaired) electrons. The smallest absolute Gasteiger partial charge is 0.255 e. The van der Waals surface area contributed by atoms with Crippen LogP contribution in [0.25, 0.3) is 0 Å². The van der Waals surface area contributed by atoms with Gasteiger partial charge in [0.2, 0.25) is 0 Å². The Morgan fingerprint density at radius 1 is 1.41 bits per heavy atom. The molecule has 1 aliphatic heterocycles. The molecule has 0 saturated carbocycles. The van der Waals surface area contributed by atoms with E-state index < -0.39 is 0 Å². The lowest BCUT2D eigenvalue weighted by atomic mass is 9.92. The molecular weight excluding hydrogens is 429 g/mol. The van der Waals surface area contributed by atoms with Crippen LogP contribution in [0.4, 0.5) is 0 Å². The van der Waals surface area contributed by atoms with E-state index in [0.29, 0.717) is 28.1 Å². The fraction of sp³-hybridized carbons (Fsp3) is 0.471. The molecule has 2 aromatic heterocycles. The molecule has 1 aliphatic rings. The second-order valence-corrected chi connectivity index (χ2v) is 7.81. The first-order chi connectivity index (χ1) is 12.0. The minimum atomic E-state index is -0.0507. The summed E-state index contributed by atoms with van der Waals surface area (Å²) in [4.78, 5) is 23.3. The van der Waals surface area contributed by atoms with Gasteiger partial charge in [0.15, 0.2) is 5.16 Å². The van der Waals surface area contributed by atoms with E-state index in [1.807, 2.05) is 22.7 Å². The molecule has 150 valence electrons. The van der Waals surface area contributed by atoms with Crippen LogP contribution in [-0.4, -0.2) is 44.5 Å². The summed E-state index contributed by atoms with van der Waals surface area (Å²) in [5.41, 5.74) is 6.37.